The van der Waals surface area contributed by atoms with Gasteiger partial charge in [0.15, 0.2) is 0 Å². The van der Waals surface area contributed by atoms with Gasteiger partial charge in [-0.15, -0.1) is 0 Å². The van der Waals surface area contributed by atoms with Gasteiger partial charge in [0.25, 0.3) is 0 Å². The quantitative estimate of drug-likeness (QED) is 0.305. The van der Waals surface area contributed by atoms with E-state index in [0.717, 1.165) is 29.7 Å². The zero-order valence-corrected chi connectivity index (χ0v) is 23.0. The SMILES string of the molecule is Cc1ccc(S(=O)(=O)N(CCN(C)C)Cc2c(-c3ccccc3)noc2N2CCc3ccccc3C2)cc1. The summed E-state index contributed by atoms with van der Waals surface area (Å²) < 4.78 is 35.4. The Balaban J connectivity index is 1.56. The first-order valence-corrected chi connectivity index (χ1v) is 14.3. The zero-order valence-electron chi connectivity index (χ0n) is 22.2. The van der Waals surface area contributed by atoms with E-state index in [9.17, 15) is 8.42 Å². The normalized spacial score (nSPS) is 13.8. The van der Waals surface area contributed by atoms with Crippen molar-refractivity contribution in [2.24, 2.45) is 0 Å². The molecule has 8 heteroatoms. The highest BCUT2D eigenvalue weighted by Crippen LogP contribution is 2.36. The monoisotopic (exact) mass is 530 g/mol. The van der Waals surface area contributed by atoms with E-state index in [-0.39, 0.29) is 11.4 Å². The highest BCUT2D eigenvalue weighted by Gasteiger charge is 2.31. The molecule has 7 nitrogen and oxygen atoms in total. The van der Waals surface area contributed by atoms with Crippen LogP contribution < -0.4 is 4.90 Å². The average Bonchev–Trinajstić information content (AvgIpc) is 3.34. The molecule has 0 N–H and O–H groups in total. The largest absolute Gasteiger partial charge is 0.338 e. The van der Waals surface area contributed by atoms with Crippen molar-refractivity contribution in [1.82, 2.24) is 14.4 Å². The van der Waals surface area contributed by atoms with Crippen LogP contribution in [0.15, 0.2) is 88.3 Å². The van der Waals surface area contributed by atoms with Gasteiger partial charge < -0.3 is 14.3 Å². The van der Waals surface area contributed by atoms with Gasteiger partial charge in [0, 0.05) is 38.3 Å². The standard InChI is InChI=1S/C30H34N4O3S/c1-23-13-15-27(16-14-23)38(35,36)34(20-19-32(2)3)22-28-29(25-10-5-4-6-11-25)31-37-30(28)33-18-17-24-9-7-8-12-26(24)21-33/h4-16H,17-22H2,1-3H3. The van der Waals surface area contributed by atoms with Crippen molar-refractivity contribution in [3.05, 3.63) is 101 Å². The fourth-order valence-electron chi connectivity index (χ4n) is 4.81. The molecule has 198 valence electrons. The van der Waals surface area contributed by atoms with Crippen LogP contribution in [0.3, 0.4) is 0 Å². The molecule has 0 saturated heterocycles. The lowest BCUT2D eigenvalue weighted by Crippen LogP contribution is -2.37. The van der Waals surface area contributed by atoms with E-state index in [1.807, 2.05) is 68.4 Å². The smallest absolute Gasteiger partial charge is 0.243 e. The molecule has 2 heterocycles. The molecule has 0 unspecified atom stereocenters. The van der Waals surface area contributed by atoms with Gasteiger partial charge in [0.2, 0.25) is 15.9 Å². The van der Waals surface area contributed by atoms with Gasteiger partial charge in [-0.05, 0) is 50.7 Å². The molecule has 0 spiro atoms. The van der Waals surface area contributed by atoms with Gasteiger partial charge in [-0.3, -0.25) is 0 Å². The molecule has 1 aromatic heterocycles. The van der Waals surface area contributed by atoms with Crippen LogP contribution in [0.5, 0.6) is 0 Å². The van der Waals surface area contributed by atoms with Gasteiger partial charge in [-0.25, -0.2) is 8.42 Å². The van der Waals surface area contributed by atoms with Gasteiger partial charge in [-0.2, -0.15) is 4.31 Å². The van der Waals surface area contributed by atoms with E-state index in [2.05, 4.69) is 34.3 Å². The number of aryl methyl sites for hydroxylation is 1. The number of anilines is 1. The molecular formula is C30H34N4O3S. The third-order valence-corrected chi connectivity index (χ3v) is 8.88. The van der Waals surface area contributed by atoms with Crippen molar-refractivity contribution in [2.45, 2.75) is 31.3 Å². The minimum absolute atomic E-state index is 0.158. The van der Waals surface area contributed by atoms with Crippen LogP contribution in [-0.4, -0.2) is 56.5 Å². The Labute approximate surface area is 225 Å². The fourth-order valence-corrected chi connectivity index (χ4v) is 6.21. The number of hydrogen-bond donors (Lipinski definition) is 0. The second-order valence-electron chi connectivity index (χ2n) is 10.1. The van der Waals surface area contributed by atoms with Crippen molar-refractivity contribution >= 4 is 15.9 Å². The lowest BCUT2D eigenvalue weighted by atomic mass is 9.99. The van der Waals surface area contributed by atoms with Crippen molar-refractivity contribution in [2.75, 3.05) is 38.6 Å². The van der Waals surface area contributed by atoms with E-state index in [1.54, 1.807) is 16.4 Å². The van der Waals surface area contributed by atoms with Gasteiger partial charge in [0.05, 0.1) is 10.5 Å². The molecule has 0 fully saturated rings. The van der Waals surface area contributed by atoms with E-state index in [0.29, 0.717) is 31.2 Å². The summed E-state index contributed by atoms with van der Waals surface area (Å²) in [5.74, 6) is 0.632. The molecule has 1 aliphatic rings. The molecule has 4 aromatic rings. The summed E-state index contributed by atoms with van der Waals surface area (Å²) in [5.41, 5.74) is 5.96. The number of rotatable bonds is 9. The first-order valence-electron chi connectivity index (χ1n) is 12.9. The summed E-state index contributed by atoms with van der Waals surface area (Å²) in [4.78, 5) is 4.46. The first kappa shape index (κ1) is 26.2. The molecule has 0 aliphatic carbocycles. The molecular weight excluding hydrogens is 496 g/mol. The maximum Gasteiger partial charge on any atom is 0.243 e. The van der Waals surface area contributed by atoms with E-state index in [1.165, 1.54) is 11.1 Å². The van der Waals surface area contributed by atoms with Crippen LogP contribution in [0, 0.1) is 6.92 Å². The molecule has 0 atom stereocenters. The van der Waals surface area contributed by atoms with Crippen molar-refractivity contribution < 1.29 is 12.9 Å². The van der Waals surface area contributed by atoms with E-state index >= 15 is 0 Å². The summed E-state index contributed by atoms with van der Waals surface area (Å²) in [7, 11) is 0.127. The third kappa shape index (κ3) is 5.53. The van der Waals surface area contributed by atoms with E-state index in [4.69, 9.17) is 4.52 Å². The Morgan fingerprint density at radius 2 is 1.58 bits per heavy atom. The predicted octanol–water partition coefficient (Wildman–Crippen LogP) is 4.97. The summed E-state index contributed by atoms with van der Waals surface area (Å²) in [6.07, 6.45) is 0.892. The molecule has 0 bridgehead atoms. The van der Waals surface area contributed by atoms with Crippen LogP contribution in [-0.2, 0) is 29.5 Å². The molecule has 0 radical (unpaired) electrons. The van der Waals surface area contributed by atoms with Crippen molar-refractivity contribution in [3.63, 3.8) is 0 Å². The number of aromatic nitrogens is 1. The van der Waals surface area contributed by atoms with E-state index < -0.39 is 10.0 Å². The molecule has 38 heavy (non-hydrogen) atoms. The Kier molecular flexibility index (Phi) is 7.65. The molecule has 3 aromatic carbocycles. The van der Waals surface area contributed by atoms with Crippen LogP contribution in [0.25, 0.3) is 11.3 Å². The summed E-state index contributed by atoms with van der Waals surface area (Å²) in [5, 5.41) is 4.48. The number of benzene rings is 3. The van der Waals surface area contributed by atoms with Gasteiger partial charge in [-0.1, -0.05) is 77.5 Å². The number of hydrogen-bond acceptors (Lipinski definition) is 6. The second-order valence-corrected chi connectivity index (χ2v) is 12.0. The van der Waals surface area contributed by atoms with Crippen LogP contribution in [0.2, 0.25) is 0 Å². The van der Waals surface area contributed by atoms with Gasteiger partial charge in [0.1, 0.15) is 5.69 Å². The van der Waals surface area contributed by atoms with Crippen molar-refractivity contribution in [1.29, 1.82) is 0 Å². The Morgan fingerprint density at radius 1 is 0.895 bits per heavy atom. The molecule has 5 rings (SSSR count). The number of fused-ring (bicyclic) bond motifs is 1. The highest BCUT2D eigenvalue weighted by atomic mass is 32.2. The van der Waals surface area contributed by atoms with Gasteiger partial charge >= 0.3 is 0 Å². The Hall–Kier alpha value is -3.46. The molecule has 0 amide bonds. The average molecular weight is 531 g/mol. The summed E-state index contributed by atoms with van der Waals surface area (Å²) >= 11 is 0. The maximum absolute atomic E-state index is 13.9. The number of nitrogens with zero attached hydrogens (tertiary/aromatic N) is 4. The minimum atomic E-state index is -3.77. The summed E-state index contributed by atoms with van der Waals surface area (Å²) in [6, 6.07) is 25.3. The second kappa shape index (κ2) is 11.1. The van der Waals surface area contributed by atoms with Crippen molar-refractivity contribution in [3.8, 4) is 11.3 Å². The summed E-state index contributed by atoms with van der Waals surface area (Å²) in [6.45, 7) is 4.50. The molecule has 1 aliphatic heterocycles. The van der Waals surface area contributed by atoms with Crippen LogP contribution in [0.4, 0.5) is 5.88 Å². The topological polar surface area (TPSA) is 69.9 Å². The minimum Gasteiger partial charge on any atom is -0.338 e. The predicted molar refractivity (Wildman–Crippen MR) is 150 cm³/mol. The lowest BCUT2D eigenvalue weighted by Gasteiger charge is -2.30. The third-order valence-electron chi connectivity index (χ3n) is 7.02. The maximum atomic E-state index is 13.9. The van der Waals surface area contributed by atoms with Crippen LogP contribution in [0.1, 0.15) is 22.3 Å². The Morgan fingerprint density at radius 3 is 2.29 bits per heavy atom. The van der Waals surface area contributed by atoms with Crippen LogP contribution >= 0.6 is 0 Å². The number of sulfonamides is 1. The first-order chi connectivity index (χ1) is 18.3. The fraction of sp³-hybridized carbons (Fsp3) is 0.300. The Bertz CT molecular complexity index is 1480. The molecule has 0 saturated carbocycles. The lowest BCUT2D eigenvalue weighted by molar-refractivity contribution is 0.328. The highest BCUT2D eigenvalue weighted by molar-refractivity contribution is 7.89. The number of likely N-dealkylation sites (N-methyl/N-ethyl adjacent to an activating group) is 1. The zero-order chi connectivity index (χ0) is 26.7.